The molecular formula is C53H36BN3O. The molecule has 11 aromatic rings. The van der Waals surface area contributed by atoms with Crippen LogP contribution in [0.1, 0.15) is 5.56 Å². The molecule has 3 heterocycles. The van der Waals surface area contributed by atoms with Crippen molar-refractivity contribution in [3.8, 4) is 16.8 Å². The predicted octanol–water partition coefficient (Wildman–Crippen LogP) is 12.7. The van der Waals surface area contributed by atoms with Crippen molar-refractivity contribution in [1.82, 2.24) is 4.57 Å². The summed E-state index contributed by atoms with van der Waals surface area (Å²) in [6, 6.07) is 68.0. The molecule has 0 bridgehead atoms. The van der Waals surface area contributed by atoms with Gasteiger partial charge in [0, 0.05) is 60.9 Å². The molecule has 5 heteroatoms. The van der Waals surface area contributed by atoms with Gasteiger partial charge in [-0.15, -0.1) is 0 Å². The molecule has 0 aliphatic carbocycles. The number of aryl methyl sites for hydroxylation is 1. The third-order valence-electron chi connectivity index (χ3n) is 12.0. The number of aromatic nitrogens is 1. The maximum atomic E-state index is 6.55. The number of hydrogen-bond donors (Lipinski definition) is 1. The van der Waals surface area contributed by atoms with Crippen molar-refractivity contribution in [2.75, 3.05) is 10.2 Å². The quantitative estimate of drug-likeness (QED) is 0.172. The van der Waals surface area contributed by atoms with Crippen LogP contribution >= 0.6 is 0 Å². The number of nitrogens with one attached hydrogen (secondary N) is 1. The lowest BCUT2D eigenvalue weighted by molar-refractivity contribution is 0.669. The predicted molar refractivity (Wildman–Crippen MR) is 247 cm³/mol. The summed E-state index contributed by atoms with van der Waals surface area (Å²) in [5, 5.41) is 11.0. The van der Waals surface area contributed by atoms with Crippen LogP contribution in [0.5, 0.6) is 0 Å². The molecule has 58 heavy (non-hydrogen) atoms. The highest BCUT2D eigenvalue weighted by atomic mass is 16.3. The number of nitrogens with zero attached hydrogens (tertiary/aromatic N) is 2. The van der Waals surface area contributed by atoms with Crippen LogP contribution in [0.15, 0.2) is 192 Å². The third kappa shape index (κ3) is 4.96. The molecule has 272 valence electrons. The Kier molecular flexibility index (Phi) is 7.20. The molecule has 1 aliphatic rings. The van der Waals surface area contributed by atoms with Gasteiger partial charge in [-0.25, -0.2) is 0 Å². The molecule has 0 radical (unpaired) electrons. The lowest BCUT2D eigenvalue weighted by Crippen LogP contribution is -2.37. The van der Waals surface area contributed by atoms with Gasteiger partial charge in [0.2, 0.25) is 0 Å². The first-order valence-corrected chi connectivity index (χ1v) is 20.0. The Morgan fingerprint density at radius 3 is 2.02 bits per heavy atom. The van der Waals surface area contributed by atoms with Gasteiger partial charge in [-0.3, -0.25) is 0 Å². The molecule has 0 saturated heterocycles. The first-order chi connectivity index (χ1) is 28.7. The first-order valence-electron chi connectivity index (χ1n) is 20.0. The standard InChI is InChI=1S/C53H36BN3O/c1-33-24-27-35(28-25-33)55-45-22-12-10-20-39(45)43-31-47(56(36-15-4-2-5-16-36)37-17-6-3-7-18-37)50-41-29-26-34-14-8-9-19-38(34)52(41)57-46-30-42-40-21-11-13-23-48(40)58-49(42)32-44(46)54-51(43)53(50)57/h2-32,54-55H,1H3. The van der Waals surface area contributed by atoms with Gasteiger partial charge in [0.1, 0.15) is 11.2 Å². The molecule has 12 rings (SSSR count). The molecule has 0 spiro atoms. The summed E-state index contributed by atoms with van der Waals surface area (Å²) in [7, 11) is 0.748. The Morgan fingerprint density at radius 2 is 1.22 bits per heavy atom. The first kappa shape index (κ1) is 32.7. The van der Waals surface area contributed by atoms with E-state index < -0.39 is 0 Å². The molecule has 0 fully saturated rings. The second-order valence-corrected chi connectivity index (χ2v) is 15.5. The summed E-state index contributed by atoms with van der Waals surface area (Å²) in [5.41, 5.74) is 17.0. The van der Waals surface area contributed by atoms with E-state index in [1.54, 1.807) is 0 Å². The minimum atomic E-state index is 0.748. The summed E-state index contributed by atoms with van der Waals surface area (Å²) >= 11 is 0. The fourth-order valence-corrected chi connectivity index (χ4v) is 9.40. The van der Waals surface area contributed by atoms with Crippen LogP contribution in [0.4, 0.5) is 28.4 Å². The number of furan rings is 1. The van der Waals surface area contributed by atoms with Crippen molar-refractivity contribution in [2.24, 2.45) is 0 Å². The summed E-state index contributed by atoms with van der Waals surface area (Å²) < 4.78 is 9.13. The molecule has 0 unspecified atom stereocenters. The topological polar surface area (TPSA) is 33.3 Å². The van der Waals surface area contributed by atoms with Crippen molar-refractivity contribution in [2.45, 2.75) is 6.92 Å². The number of benzene rings is 9. The van der Waals surface area contributed by atoms with Gasteiger partial charge < -0.3 is 19.2 Å². The molecule has 0 saturated carbocycles. The summed E-state index contributed by atoms with van der Waals surface area (Å²) in [6.45, 7) is 2.13. The molecule has 4 nitrogen and oxygen atoms in total. The number of hydrogen-bond acceptors (Lipinski definition) is 3. The van der Waals surface area contributed by atoms with Gasteiger partial charge >= 0.3 is 0 Å². The van der Waals surface area contributed by atoms with Gasteiger partial charge in [-0.1, -0.05) is 132 Å². The van der Waals surface area contributed by atoms with Crippen molar-refractivity contribution < 1.29 is 4.42 Å². The van der Waals surface area contributed by atoms with Crippen LogP contribution in [-0.4, -0.2) is 11.8 Å². The minimum absolute atomic E-state index is 0.748. The Morgan fingerprint density at radius 1 is 0.534 bits per heavy atom. The fourth-order valence-electron chi connectivity index (χ4n) is 9.40. The molecule has 1 N–H and O–H groups in total. The third-order valence-corrected chi connectivity index (χ3v) is 12.0. The average molecular weight is 742 g/mol. The van der Waals surface area contributed by atoms with Crippen molar-refractivity contribution in [1.29, 1.82) is 0 Å². The molecule has 1 aliphatic heterocycles. The maximum absolute atomic E-state index is 6.55. The molecule has 9 aromatic carbocycles. The fraction of sp³-hybridized carbons (Fsp3) is 0.0189. The van der Waals surface area contributed by atoms with Gasteiger partial charge in [0.05, 0.1) is 16.7 Å². The van der Waals surface area contributed by atoms with Crippen LogP contribution < -0.4 is 21.1 Å². The van der Waals surface area contributed by atoms with Crippen LogP contribution in [-0.2, 0) is 0 Å². The Hall–Kier alpha value is -7.50. The van der Waals surface area contributed by atoms with E-state index in [2.05, 4.69) is 210 Å². The zero-order valence-electron chi connectivity index (χ0n) is 31.9. The Balaban J connectivity index is 1.26. The second kappa shape index (κ2) is 12.8. The second-order valence-electron chi connectivity index (χ2n) is 15.5. The van der Waals surface area contributed by atoms with Gasteiger partial charge in [-0.2, -0.15) is 0 Å². The zero-order valence-corrected chi connectivity index (χ0v) is 31.9. The smallest absolute Gasteiger partial charge is 0.198 e. The van der Waals surface area contributed by atoms with E-state index in [-0.39, 0.29) is 0 Å². The highest BCUT2D eigenvalue weighted by molar-refractivity contribution is 6.74. The number of para-hydroxylation sites is 4. The SMILES string of the molecule is Cc1ccc(Nc2ccccc2-c2cc(N(c3ccccc3)c3ccccc3)c3c4ccc5ccccc5c4n4c3c2Bc2cc3oc5ccccc5c3cc2-4)cc1. The summed E-state index contributed by atoms with van der Waals surface area (Å²) in [4.78, 5) is 2.44. The number of fused-ring (bicyclic) bond motifs is 10. The van der Waals surface area contributed by atoms with E-state index in [4.69, 9.17) is 4.42 Å². The number of anilines is 5. The van der Waals surface area contributed by atoms with Crippen molar-refractivity contribution >= 4 is 101 Å². The van der Waals surface area contributed by atoms with Crippen LogP contribution in [0.3, 0.4) is 0 Å². The van der Waals surface area contributed by atoms with E-state index >= 15 is 0 Å². The van der Waals surface area contributed by atoms with Crippen LogP contribution in [0.2, 0.25) is 0 Å². The van der Waals surface area contributed by atoms with Crippen LogP contribution in [0, 0.1) is 6.92 Å². The Bertz CT molecular complexity index is 3360. The van der Waals surface area contributed by atoms with Crippen molar-refractivity contribution in [3.63, 3.8) is 0 Å². The highest BCUT2D eigenvalue weighted by Crippen LogP contribution is 2.48. The Labute approximate surface area is 336 Å². The van der Waals surface area contributed by atoms with E-state index in [9.17, 15) is 0 Å². The molecular weight excluding hydrogens is 705 g/mol. The molecule has 0 atom stereocenters. The zero-order chi connectivity index (χ0) is 38.3. The normalized spacial score (nSPS) is 12.0. The highest BCUT2D eigenvalue weighted by Gasteiger charge is 2.32. The van der Waals surface area contributed by atoms with E-state index in [0.717, 1.165) is 63.2 Å². The molecule has 0 amide bonds. The van der Waals surface area contributed by atoms with E-state index in [1.807, 2.05) is 0 Å². The lowest BCUT2D eigenvalue weighted by atomic mass is 9.58. The monoisotopic (exact) mass is 741 g/mol. The summed E-state index contributed by atoms with van der Waals surface area (Å²) in [5.74, 6) is 0. The molecule has 2 aromatic heterocycles. The summed E-state index contributed by atoms with van der Waals surface area (Å²) in [6.07, 6.45) is 0. The minimum Gasteiger partial charge on any atom is -0.456 e. The van der Waals surface area contributed by atoms with Gasteiger partial charge in [-0.05, 0) is 90.1 Å². The largest absolute Gasteiger partial charge is 0.456 e. The van der Waals surface area contributed by atoms with Crippen molar-refractivity contribution in [3.05, 3.63) is 194 Å². The van der Waals surface area contributed by atoms with Crippen LogP contribution in [0.25, 0.3) is 71.3 Å². The van der Waals surface area contributed by atoms with E-state index in [1.165, 1.54) is 60.3 Å². The van der Waals surface area contributed by atoms with E-state index in [0.29, 0.717) is 0 Å². The average Bonchev–Trinajstić information content (AvgIpc) is 3.82. The maximum Gasteiger partial charge on any atom is 0.198 e. The van der Waals surface area contributed by atoms with Gasteiger partial charge in [0.15, 0.2) is 7.28 Å². The number of rotatable bonds is 6. The van der Waals surface area contributed by atoms with Gasteiger partial charge in [0.25, 0.3) is 0 Å². The lowest BCUT2D eigenvalue weighted by Gasteiger charge is -2.30.